The van der Waals surface area contributed by atoms with E-state index in [4.69, 9.17) is 32.7 Å². The predicted octanol–water partition coefficient (Wildman–Crippen LogP) is 4.92. The lowest BCUT2D eigenvalue weighted by molar-refractivity contribution is 0.00652. The van der Waals surface area contributed by atoms with Crippen molar-refractivity contribution in [2.24, 2.45) is 0 Å². The maximum atomic E-state index is 12.4. The van der Waals surface area contributed by atoms with Crippen LogP contribution in [0.25, 0.3) is 0 Å². The summed E-state index contributed by atoms with van der Waals surface area (Å²) in [7, 11) is 0. The standard InChI is InChI=1S/C17H17Cl2NO3/c1-17(2,3)23-16(21)14-12(9-13(18)20-15(14)19)22-10-11-7-5-4-6-8-11/h4-9H,10H2,1-3H3. The Morgan fingerprint density at radius 3 is 2.43 bits per heavy atom. The lowest BCUT2D eigenvalue weighted by Crippen LogP contribution is -2.24. The number of hydrogen-bond acceptors (Lipinski definition) is 4. The zero-order valence-corrected chi connectivity index (χ0v) is 14.6. The highest BCUT2D eigenvalue weighted by atomic mass is 35.5. The maximum Gasteiger partial charge on any atom is 0.345 e. The van der Waals surface area contributed by atoms with Gasteiger partial charge in [0.05, 0.1) is 0 Å². The van der Waals surface area contributed by atoms with Gasteiger partial charge in [0.1, 0.15) is 33.8 Å². The fourth-order valence-electron chi connectivity index (χ4n) is 1.83. The fraction of sp³-hybridized carbons (Fsp3) is 0.294. The van der Waals surface area contributed by atoms with Crippen molar-refractivity contribution in [1.82, 2.24) is 4.98 Å². The van der Waals surface area contributed by atoms with Gasteiger partial charge in [-0.15, -0.1) is 0 Å². The van der Waals surface area contributed by atoms with Crippen LogP contribution in [-0.4, -0.2) is 16.6 Å². The molecule has 23 heavy (non-hydrogen) atoms. The molecule has 0 fully saturated rings. The summed E-state index contributed by atoms with van der Waals surface area (Å²) in [6.07, 6.45) is 0. The number of ether oxygens (including phenoxy) is 2. The van der Waals surface area contributed by atoms with E-state index in [2.05, 4.69) is 4.98 Å². The number of rotatable bonds is 4. The average Bonchev–Trinajstić information content (AvgIpc) is 2.43. The third-order valence-electron chi connectivity index (χ3n) is 2.75. The van der Waals surface area contributed by atoms with Crippen molar-refractivity contribution in [3.63, 3.8) is 0 Å². The zero-order valence-electron chi connectivity index (χ0n) is 13.1. The number of esters is 1. The van der Waals surface area contributed by atoms with Crippen LogP contribution in [0.15, 0.2) is 36.4 Å². The van der Waals surface area contributed by atoms with Crippen molar-refractivity contribution in [2.45, 2.75) is 33.0 Å². The second-order valence-corrected chi connectivity index (χ2v) is 6.63. The largest absolute Gasteiger partial charge is 0.488 e. The van der Waals surface area contributed by atoms with Crippen LogP contribution in [-0.2, 0) is 11.3 Å². The number of carbonyl (C=O) groups excluding carboxylic acids is 1. The first-order valence-corrected chi connectivity index (χ1v) is 7.78. The van der Waals surface area contributed by atoms with Gasteiger partial charge < -0.3 is 9.47 Å². The Bertz CT molecular complexity index is 697. The van der Waals surface area contributed by atoms with Crippen molar-refractivity contribution in [3.8, 4) is 5.75 Å². The highest BCUT2D eigenvalue weighted by Crippen LogP contribution is 2.30. The summed E-state index contributed by atoms with van der Waals surface area (Å²) < 4.78 is 11.1. The van der Waals surface area contributed by atoms with E-state index < -0.39 is 11.6 Å². The molecule has 0 atom stereocenters. The second-order valence-electron chi connectivity index (χ2n) is 5.89. The van der Waals surface area contributed by atoms with Gasteiger partial charge in [0.2, 0.25) is 0 Å². The molecule has 122 valence electrons. The molecule has 0 N–H and O–H groups in total. The van der Waals surface area contributed by atoms with Gasteiger partial charge in [0.15, 0.2) is 0 Å². The average molecular weight is 354 g/mol. The van der Waals surface area contributed by atoms with Gasteiger partial charge in [-0.1, -0.05) is 53.5 Å². The number of benzene rings is 1. The molecule has 0 amide bonds. The molecule has 2 aromatic rings. The predicted molar refractivity (Wildman–Crippen MR) is 90.2 cm³/mol. The highest BCUT2D eigenvalue weighted by molar-refractivity contribution is 6.35. The van der Waals surface area contributed by atoms with Crippen LogP contribution in [0.2, 0.25) is 10.3 Å². The van der Waals surface area contributed by atoms with Crippen LogP contribution in [0, 0.1) is 0 Å². The summed E-state index contributed by atoms with van der Waals surface area (Å²) in [4.78, 5) is 16.2. The molecule has 4 nitrogen and oxygen atoms in total. The lowest BCUT2D eigenvalue weighted by atomic mass is 10.2. The molecule has 0 aliphatic heterocycles. The van der Waals surface area contributed by atoms with Crippen molar-refractivity contribution in [2.75, 3.05) is 0 Å². The number of nitrogens with zero attached hydrogens (tertiary/aromatic N) is 1. The Balaban J connectivity index is 2.28. The van der Waals surface area contributed by atoms with Gasteiger partial charge in [0.25, 0.3) is 0 Å². The molecule has 0 radical (unpaired) electrons. The van der Waals surface area contributed by atoms with Crippen LogP contribution < -0.4 is 4.74 Å². The molecule has 0 bridgehead atoms. The molecule has 6 heteroatoms. The smallest absolute Gasteiger partial charge is 0.345 e. The van der Waals surface area contributed by atoms with E-state index in [-0.39, 0.29) is 28.2 Å². The third kappa shape index (κ3) is 5.12. The molecular formula is C17H17Cl2NO3. The van der Waals surface area contributed by atoms with Crippen LogP contribution in [0.3, 0.4) is 0 Å². The van der Waals surface area contributed by atoms with E-state index in [1.165, 1.54) is 6.07 Å². The first-order chi connectivity index (χ1) is 10.8. The number of pyridine rings is 1. The van der Waals surface area contributed by atoms with Gasteiger partial charge >= 0.3 is 5.97 Å². The summed E-state index contributed by atoms with van der Waals surface area (Å²) >= 11 is 12.0. The third-order valence-corrected chi connectivity index (χ3v) is 3.22. The molecule has 0 unspecified atom stereocenters. The minimum atomic E-state index is -0.656. The molecule has 0 saturated heterocycles. The van der Waals surface area contributed by atoms with E-state index in [0.29, 0.717) is 0 Å². The SMILES string of the molecule is CC(C)(C)OC(=O)c1c(OCc2ccccc2)cc(Cl)nc1Cl. The Morgan fingerprint density at radius 1 is 1.17 bits per heavy atom. The van der Waals surface area contributed by atoms with Gasteiger partial charge in [-0.25, -0.2) is 9.78 Å². The van der Waals surface area contributed by atoms with Gasteiger partial charge in [-0.05, 0) is 26.3 Å². The molecule has 1 aromatic carbocycles. The zero-order chi connectivity index (χ0) is 17.0. The van der Waals surface area contributed by atoms with Gasteiger partial charge in [-0.2, -0.15) is 0 Å². The minimum absolute atomic E-state index is 0.0465. The molecular weight excluding hydrogens is 337 g/mol. The quantitative estimate of drug-likeness (QED) is 0.577. The molecule has 0 spiro atoms. The van der Waals surface area contributed by atoms with Crippen molar-refractivity contribution in [3.05, 3.63) is 57.8 Å². The van der Waals surface area contributed by atoms with Crippen molar-refractivity contribution in [1.29, 1.82) is 0 Å². The van der Waals surface area contributed by atoms with Crippen LogP contribution in [0.1, 0.15) is 36.7 Å². The normalized spacial score (nSPS) is 11.2. The van der Waals surface area contributed by atoms with E-state index in [1.807, 2.05) is 30.3 Å². The molecule has 0 saturated carbocycles. The molecule has 0 aliphatic carbocycles. The summed E-state index contributed by atoms with van der Waals surface area (Å²) in [5, 5.41) is 0.0974. The van der Waals surface area contributed by atoms with Gasteiger partial charge in [0, 0.05) is 6.07 Å². The Labute approximate surface area is 145 Å². The maximum absolute atomic E-state index is 12.4. The monoisotopic (exact) mass is 353 g/mol. The minimum Gasteiger partial charge on any atom is -0.488 e. The van der Waals surface area contributed by atoms with E-state index in [1.54, 1.807) is 20.8 Å². The van der Waals surface area contributed by atoms with E-state index in [9.17, 15) is 4.79 Å². The van der Waals surface area contributed by atoms with Crippen LogP contribution in [0.5, 0.6) is 5.75 Å². The number of carbonyl (C=O) groups is 1. The summed E-state index contributed by atoms with van der Waals surface area (Å²) in [5.74, 6) is -0.358. The van der Waals surface area contributed by atoms with Crippen LogP contribution in [0.4, 0.5) is 0 Å². The lowest BCUT2D eigenvalue weighted by Gasteiger charge is -2.21. The van der Waals surface area contributed by atoms with Gasteiger partial charge in [-0.3, -0.25) is 0 Å². The van der Waals surface area contributed by atoms with Crippen molar-refractivity contribution >= 4 is 29.2 Å². The Hall–Kier alpha value is -1.78. The highest BCUT2D eigenvalue weighted by Gasteiger charge is 2.25. The summed E-state index contributed by atoms with van der Waals surface area (Å²) in [5.41, 5.74) is 0.366. The van der Waals surface area contributed by atoms with Crippen molar-refractivity contribution < 1.29 is 14.3 Å². The fourth-order valence-corrected chi connectivity index (χ4v) is 2.32. The second kappa shape index (κ2) is 7.20. The van der Waals surface area contributed by atoms with Crippen LogP contribution >= 0.6 is 23.2 Å². The van der Waals surface area contributed by atoms with E-state index >= 15 is 0 Å². The molecule has 1 heterocycles. The number of halogens is 2. The summed E-state index contributed by atoms with van der Waals surface area (Å²) in [6, 6.07) is 11.0. The first-order valence-electron chi connectivity index (χ1n) is 7.02. The Morgan fingerprint density at radius 2 is 1.83 bits per heavy atom. The number of aromatic nitrogens is 1. The molecule has 1 aromatic heterocycles. The molecule has 0 aliphatic rings. The first kappa shape index (κ1) is 17.6. The Kier molecular flexibility index (Phi) is 5.50. The molecule has 2 rings (SSSR count). The number of hydrogen-bond donors (Lipinski definition) is 0. The topological polar surface area (TPSA) is 48.4 Å². The van der Waals surface area contributed by atoms with E-state index in [0.717, 1.165) is 5.56 Å². The summed E-state index contributed by atoms with van der Waals surface area (Å²) in [6.45, 7) is 5.58.